The SMILES string of the molecule is Cc1ccc(C(=O)N2CCOC[C@H](Cc3cccc4cccnc34)C2)cc1NCc1ccncc1. The highest BCUT2D eigenvalue weighted by Crippen LogP contribution is 2.23. The van der Waals surface area contributed by atoms with Gasteiger partial charge in [-0.2, -0.15) is 0 Å². The summed E-state index contributed by atoms with van der Waals surface area (Å²) in [5.74, 6) is 0.257. The van der Waals surface area contributed by atoms with Crippen LogP contribution >= 0.6 is 0 Å². The number of ether oxygens (including phenoxy) is 1. The van der Waals surface area contributed by atoms with Crippen molar-refractivity contribution in [1.82, 2.24) is 14.9 Å². The number of aromatic nitrogens is 2. The highest BCUT2D eigenvalue weighted by molar-refractivity contribution is 5.95. The van der Waals surface area contributed by atoms with Crippen molar-refractivity contribution >= 4 is 22.5 Å². The number of nitrogens with one attached hydrogen (secondary N) is 1. The van der Waals surface area contributed by atoms with E-state index in [9.17, 15) is 4.79 Å². The first-order valence-corrected chi connectivity index (χ1v) is 12.1. The summed E-state index contributed by atoms with van der Waals surface area (Å²) < 4.78 is 5.91. The van der Waals surface area contributed by atoms with Gasteiger partial charge in [0.15, 0.2) is 0 Å². The van der Waals surface area contributed by atoms with Gasteiger partial charge in [-0.1, -0.05) is 30.3 Å². The standard InChI is InChI=1S/C29H30N4O2/c1-21-7-8-26(17-27(21)32-18-22-9-12-30-13-10-22)29(34)33-14-15-35-20-23(19-33)16-25-5-2-4-24-6-3-11-31-28(24)25/h2-13,17,23,32H,14-16,18-20H2,1H3/t23-/m1/s1. The lowest BCUT2D eigenvalue weighted by Gasteiger charge is -2.24. The Labute approximate surface area is 206 Å². The fourth-order valence-electron chi connectivity index (χ4n) is 4.66. The molecule has 6 nitrogen and oxygen atoms in total. The van der Waals surface area contributed by atoms with Crippen LogP contribution in [0.25, 0.3) is 10.9 Å². The predicted molar refractivity (Wildman–Crippen MR) is 138 cm³/mol. The Morgan fingerprint density at radius 2 is 1.94 bits per heavy atom. The number of hydrogen-bond acceptors (Lipinski definition) is 5. The van der Waals surface area contributed by atoms with Crippen LogP contribution in [0.1, 0.15) is 27.0 Å². The maximum absolute atomic E-state index is 13.5. The molecule has 0 radical (unpaired) electrons. The van der Waals surface area contributed by atoms with E-state index in [1.165, 1.54) is 5.56 Å². The van der Waals surface area contributed by atoms with Gasteiger partial charge in [0.25, 0.3) is 5.91 Å². The van der Waals surface area contributed by atoms with Gasteiger partial charge in [-0.25, -0.2) is 0 Å². The van der Waals surface area contributed by atoms with E-state index in [1.54, 1.807) is 12.4 Å². The van der Waals surface area contributed by atoms with Gasteiger partial charge < -0.3 is 15.0 Å². The van der Waals surface area contributed by atoms with Crippen molar-refractivity contribution in [3.8, 4) is 0 Å². The maximum Gasteiger partial charge on any atom is 0.254 e. The van der Waals surface area contributed by atoms with Gasteiger partial charge in [-0.05, 0) is 60.4 Å². The number of anilines is 1. The zero-order chi connectivity index (χ0) is 24.0. The monoisotopic (exact) mass is 466 g/mol. The van der Waals surface area contributed by atoms with Crippen molar-refractivity contribution in [1.29, 1.82) is 0 Å². The number of nitrogens with zero attached hydrogens (tertiary/aromatic N) is 3. The number of pyridine rings is 2. The van der Waals surface area contributed by atoms with Crippen LogP contribution in [0.2, 0.25) is 0 Å². The van der Waals surface area contributed by atoms with Crippen LogP contribution in [0.15, 0.2) is 79.3 Å². The lowest BCUT2D eigenvalue weighted by molar-refractivity contribution is 0.0737. The molecule has 1 saturated heterocycles. The second kappa shape index (κ2) is 10.7. The van der Waals surface area contributed by atoms with E-state index < -0.39 is 0 Å². The second-order valence-electron chi connectivity index (χ2n) is 9.13. The minimum atomic E-state index is 0.0449. The Morgan fingerprint density at radius 1 is 1.09 bits per heavy atom. The number of fused-ring (bicyclic) bond motifs is 1. The molecule has 1 N–H and O–H groups in total. The highest BCUT2D eigenvalue weighted by Gasteiger charge is 2.24. The summed E-state index contributed by atoms with van der Waals surface area (Å²) in [6.45, 7) is 5.18. The van der Waals surface area contributed by atoms with Crippen molar-refractivity contribution < 1.29 is 9.53 Å². The summed E-state index contributed by atoms with van der Waals surface area (Å²) >= 11 is 0. The zero-order valence-corrected chi connectivity index (χ0v) is 20.0. The second-order valence-corrected chi connectivity index (χ2v) is 9.13. The Kier molecular flexibility index (Phi) is 7.00. The maximum atomic E-state index is 13.5. The third-order valence-electron chi connectivity index (χ3n) is 6.57. The summed E-state index contributed by atoms with van der Waals surface area (Å²) in [7, 11) is 0. The number of benzene rings is 2. The van der Waals surface area contributed by atoms with Crippen molar-refractivity contribution in [3.63, 3.8) is 0 Å². The Morgan fingerprint density at radius 3 is 2.83 bits per heavy atom. The molecule has 5 rings (SSSR count). The van der Waals surface area contributed by atoms with Gasteiger partial charge in [-0.15, -0.1) is 0 Å². The number of carbonyl (C=O) groups excluding carboxylic acids is 1. The molecular formula is C29H30N4O2. The highest BCUT2D eigenvalue weighted by atomic mass is 16.5. The van der Waals surface area contributed by atoms with Crippen molar-refractivity contribution in [3.05, 3.63) is 102 Å². The molecular weight excluding hydrogens is 436 g/mol. The van der Waals surface area contributed by atoms with Gasteiger partial charge in [0.1, 0.15) is 0 Å². The normalized spacial score (nSPS) is 16.1. The summed E-state index contributed by atoms with van der Waals surface area (Å²) in [6, 6.07) is 20.2. The molecule has 1 fully saturated rings. The third-order valence-corrected chi connectivity index (χ3v) is 6.57. The fraction of sp³-hybridized carbons (Fsp3) is 0.276. The van der Waals surface area contributed by atoms with Crippen LogP contribution in [0.4, 0.5) is 5.69 Å². The van der Waals surface area contributed by atoms with E-state index in [1.807, 2.05) is 47.5 Å². The minimum absolute atomic E-state index is 0.0449. The van der Waals surface area contributed by atoms with Gasteiger partial charge in [-0.3, -0.25) is 14.8 Å². The van der Waals surface area contributed by atoms with Gasteiger partial charge in [0.2, 0.25) is 0 Å². The van der Waals surface area contributed by atoms with Crippen molar-refractivity contribution in [2.75, 3.05) is 31.6 Å². The molecule has 0 bridgehead atoms. The number of amides is 1. The van der Waals surface area contributed by atoms with E-state index in [-0.39, 0.29) is 11.8 Å². The fourth-order valence-corrected chi connectivity index (χ4v) is 4.66. The predicted octanol–water partition coefficient (Wildman–Crippen LogP) is 4.88. The molecule has 2 aromatic heterocycles. The quantitative estimate of drug-likeness (QED) is 0.439. The number of carbonyl (C=O) groups is 1. The number of rotatable bonds is 6. The smallest absolute Gasteiger partial charge is 0.254 e. The molecule has 1 aliphatic rings. The molecule has 2 aromatic carbocycles. The number of aryl methyl sites for hydroxylation is 1. The molecule has 1 atom stereocenters. The molecule has 0 aliphatic carbocycles. The first kappa shape index (κ1) is 23.0. The van der Waals surface area contributed by atoms with Crippen molar-refractivity contribution in [2.24, 2.45) is 5.92 Å². The molecule has 1 amide bonds. The van der Waals surface area contributed by atoms with Crippen LogP contribution in [0.5, 0.6) is 0 Å². The summed E-state index contributed by atoms with van der Waals surface area (Å²) in [4.78, 5) is 24.1. The van der Waals surface area contributed by atoms with Crippen molar-refractivity contribution in [2.45, 2.75) is 19.9 Å². The van der Waals surface area contributed by atoms with E-state index in [2.05, 4.69) is 46.5 Å². The van der Waals surface area contributed by atoms with Gasteiger partial charge in [0, 0.05) is 60.8 Å². The molecule has 6 heteroatoms. The topological polar surface area (TPSA) is 67.4 Å². The minimum Gasteiger partial charge on any atom is -0.381 e. The van der Waals surface area contributed by atoms with Gasteiger partial charge in [0.05, 0.1) is 18.7 Å². The summed E-state index contributed by atoms with van der Waals surface area (Å²) in [5, 5.41) is 4.61. The molecule has 4 aromatic rings. The lowest BCUT2D eigenvalue weighted by Crippen LogP contribution is -2.36. The molecule has 0 saturated carbocycles. The third kappa shape index (κ3) is 5.49. The molecule has 1 aliphatic heterocycles. The zero-order valence-electron chi connectivity index (χ0n) is 20.0. The average Bonchev–Trinajstić information content (AvgIpc) is 3.14. The molecule has 0 spiro atoms. The molecule has 178 valence electrons. The number of hydrogen-bond donors (Lipinski definition) is 1. The van der Waals surface area contributed by atoms with E-state index in [0.717, 1.165) is 34.1 Å². The molecule has 35 heavy (non-hydrogen) atoms. The van der Waals surface area contributed by atoms with E-state index in [4.69, 9.17) is 4.74 Å². The van der Waals surface area contributed by atoms with E-state index in [0.29, 0.717) is 38.4 Å². The summed E-state index contributed by atoms with van der Waals surface area (Å²) in [6.07, 6.45) is 6.24. The average molecular weight is 467 g/mol. The van der Waals surface area contributed by atoms with Crippen LogP contribution in [-0.2, 0) is 17.7 Å². The Hall–Kier alpha value is -3.77. The Balaban J connectivity index is 1.30. The number of para-hydroxylation sites is 1. The first-order valence-electron chi connectivity index (χ1n) is 12.1. The summed E-state index contributed by atoms with van der Waals surface area (Å²) in [5.41, 5.74) is 6.14. The molecule has 0 unspecified atom stereocenters. The molecule has 3 heterocycles. The first-order chi connectivity index (χ1) is 17.2. The largest absolute Gasteiger partial charge is 0.381 e. The van der Waals surface area contributed by atoms with Crippen LogP contribution in [-0.4, -0.2) is 47.1 Å². The van der Waals surface area contributed by atoms with E-state index >= 15 is 0 Å². The Bertz CT molecular complexity index is 1300. The lowest BCUT2D eigenvalue weighted by atomic mass is 9.97. The van der Waals surface area contributed by atoms with Crippen LogP contribution in [0, 0.1) is 12.8 Å². The van der Waals surface area contributed by atoms with Gasteiger partial charge >= 0.3 is 0 Å². The van der Waals surface area contributed by atoms with Crippen LogP contribution < -0.4 is 5.32 Å². The van der Waals surface area contributed by atoms with Crippen LogP contribution in [0.3, 0.4) is 0 Å².